The molecule has 31 heavy (non-hydrogen) atoms. The molecular formula is C24H27NO5S. The van der Waals surface area contributed by atoms with Gasteiger partial charge in [-0.2, -0.15) is 0 Å². The maximum Gasteiger partial charge on any atom is 0.293 e. The van der Waals surface area contributed by atoms with Crippen molar-refractivity contribution < 1.29 is 23.8 Å². The van der Waals surface area contributed by atoms with Crippen molar-refractivity contribution in [3.8, 4) is 17.2 Å². The van der Waals surface area contributed by atoms with Gasteiger partial charge in [0.15, 0.2) is 11.5 Å². The Balaban J connectivity index is 1.67. The molecule has 2 amide bonds. The summed E-state index contributed by atoms with van der Waals surface area (Å²) in [7, 11) is 0. The Hall–Kier alpha value is -2.93. The molecule has 0 unspecified atom stereocenters. The fourth-order valence-corrected chi connectivity index (χ4v) is 3.88. The monoisotopic (exact) mass is 441 g/mol. The third-order valence-corrected chi connectivity index (χ3v) is 5.38. The van der Waals surface area contributed by atoms with Crippen molar-refractivity contribution in [3.63, 3.8) is 0 Å². The van der Waals surface area contributed by atoms with E-state index >= 15 is 0 Å². The number of nitrogens with zero attached hydrogens (tertiary/aromatic N) is 1. The van der Waals surface area contributed by atoms with Gasteiger partial charge in [0.25, 0.3) is 11.1 Å². The van der Waals surface area contributed by atoms with Crippen molar-refractivity contribution in [1.82, 2.24) is 4.90 Å². The van der Waals surface area contributed by atoms with Crippen molar-refractivity contribution in [2.75, 3.05) is 26.4 Å². The second-order valence-corrected chi connectivity index (χ2v) is 7.98. The van der Waals surface area contributed by atoms with E-state index in [-0.39, 0.29) is 24.3 Å². The lowest BCUT2D eigenvalue weighted by atomic mass is 10.2. The van der Waals surface area contributed by atoms with E-state index < -0.39 is 0 Å². The number of benzene rings is 2. The average molecular weight is 442 g/mol. The summed E-state index contributed by atoms with van der Waals surface area (Å²) < 4.78 is 17.1. The number of thioether (sulfide) groups is 1. The SMILES string of the molecule is CCCOc1ccc(/C=C2\SC(=O)N(CCOc3cccc(C)c3)C2=O)cc1OCC. The van der Waals surface area contributed by atoms with Crippen molar-refractivity contribution in [2.45, 2.75) is 27.2 Å². The Morgan fingerprint density at radius 2 is 1.81 bits per heavy atom. The number of aryl methyl sites for hydroxylation is 1. The Morgan fingerprint density at radius 3 is 2.55 bits per heavy atom. The van der Waals surface area contributed by atoms with Crippen LogP contribution in [0.2, 0.25) is 0 Å². The molecule has 1 saturated heterocycles. The van der Waals surface area contributed by atoms with Crippen molar-refractivity contribution in [2.24, 2.45) is 0 Å². The molecule has 6 nitrogen and oxygen atoms in total. The lowest BCUT2D eigenvalue weighted by Crippen LogP contribution is -2.32. The van der Waals surface area contributed by atoms with Crippen molar-refractivity contribution in [3.05, 3.63) is 58.5 Å². The highest BCUT2D eigenvalue weighted by molar-refractivity contribution is 8.18. The lowest BCUT2D eigenvalue weighted by molar-refractivity contribution is -0.123. The molecule has 0 atom stereocenters. The molecular weight excluding hydrogens is 414 g/mol. The normalized spacial score (nSPS) is 14.9. The smallest absolute Gasteiger partial charge is 0.293 e. The molecule has 164 valence electrons. The Bertz CT molecular complexity index is 972. The number of rotatable bonds is 10. The third kappa shape index (κ3) is 6.04. The van der Waals surface area contributed by atoms with Crippen LogP contribution in [0.3, 0.4) is 0 Å². The summed E-state index contributed by atoms with van der Waals surface area (Å²) in [5.74, 6) is 1.70. The summed E-state index contributed by atoms with van der Waals surface area (Å²) in [5, 5.41) is -0.294. The fourth-order valence-electron chi connectivity index (χ4n) is 3.02. The summed E-state index contributed by atoms with van der Waals surface area (Å²) in [6, 6.07) is 13.1. The summed E-state index contributed by atoms with van der Waals surface area (Å²) >= 11 is 0.934. The average Bonchev–Trinajstić information content (AvgIpc) is 3.01. The van der Waals surface area contributed by atoms with Crippen LogP contribution in [-0.2, 0) is 4.79 Å². The van der Waals surface area contributed by atoms with Gasteiger partial charge in [-0.3, -0.25) is 14.5 Å². The molecule has 0 radical (unpaired) electrons. The lowest BCUT2D eigenvalue weighted by Gasteiger charge is -2.13. The molecule has 0 spiro atoms. The van der Waals surface area contributed by atoms with E-state index in [0.29, 0.717) is 29.6 Å². The van der Waals surface area contributed by atoms with Gasteiger partial charge in [0.05, 0.1) is 24.7 Å². The molecule has 1 heterocycles. The molecule has 7 heteroatoms. The molecule has 0 bridgehead atoms. The summed E-state index contributed by atoms with van der Waals surface area (Å²) in [4.78, 5) is 26.7. The van der Waals surface area contributed by atoms with Crippen LogP contribution < -0.4 is 14.2 Å². The zero-order valence-corrected chi connectivity index (χ0v) is 18.9. The van der Waals surface area contributed by atoms with Gasteiger partial charge in [-0.25, -0.2) is 0 Å². The van der Waals surface area contributed by atoms with E-state index in [1.165, 1.54) is 4.90 Å². The van der Waals surface area contributed by atoms with E-state index in [1.54, 1.807) is 6.08 Å². The summed E-state index contributed by atoms with van der Waals surface area (Å²) in [5.41, 5.74) is 1.86. The molecule has 1 aliphatic heterocycles. The number of carbonyl (C=O) groups excluding carboxylic acids is 2. The van der Waals surface area contributed by atoms with E-state index in [0.717, 1.165) is 35.1 Å². The van der Waals surface area contributed by atoms with Crippen LogP contribution in [0, 0.1) is 6.92 Å². The van der Waals surface area contributed by atoms with Crippen LogP contribution in [0.4, 0.5) is 4.79 Å². The predicted molar refractivity (Wildman–Crippen MR) is 123 cm³/mol. The first kappa shape index (κ1) is 22.7. The first-order valence-corrected chi connectivity index (χ1v) is 11.2. The Labute approximate surface area is 187 Å². The van der Waals surface area contributed by atoms with Gasteiger partial charge in [-0.1, -0.05) is 25.1 Å². The van der Waals surface area contributed by atoms with Crippen LogP contribution in [0.5, 0.6) is 17.2 Å². The maximum atomic E-state index is 12.7. The fraction of sp³-hybridized carbons (Fsp3) is 0.333. The predicted octanol–water partition coefficient (Wildman–Crippen LogP) is 5.30. The van der Waals surface area contributed by atoms with Gasteiger partial charge in [0, 0.05) is 0 Å². The van der Waals surface area contributed by atoms with Gasteiger partial charge >= 0.3 is 0 Å². The molecule has 0 aliphatic carbocycles. The van der Waals surface area contributed by atoms with E-state index in [9.17, 15) is 9.59 Å². The highest BCUT2D eigenvalue weighted by atomic mass is 32.2. The molecule has 0 aromatic heterocycles. The van der Waals surface area contributed by atoms with Crippen LogP contribution >= 0.6 is 11.8 Å². The number of carbonyl (C=O) groups is 2. The van der Waals surface area contributed by atoms with Gasteiger partial charge in [0.1, 0.15) is 12.4 Å². The van der Waals surface area contributed by atoms with E-state index in [1.807, 2.05) is 63.2 Å². The number of hydrogen-bond donors (Lipinski definition) is 0. The molecule has 1 fully saturated rings. The highest BCUT2D eigenvalue weighted by Gasteiger charge is 2.34. The van der Waals surface area contributed by atoms with Gasteiger partial charge in [0.2, 0.25) is 0 Å². The van der Waals surface area contributed by atoms with Crippen molar-refractivity contribution in [1.29, 1.82) is 0 Å². The molecule has 2 aromatic rings. The third-order valence-electron chi connectivity index (χ3n) is 4.47. The minimum Gasteiger partial charge on any atom is -0.492 e. The van der Waals surface area contributed by atoms with E-state index in [4.69, 9.17) is 14.2 Å². The maximum absolute atomic E-state index is 12.7. The van der Waals surface area contributed by atoms with E-state index in [2.05, 4.69) is 0 Å². The van der Waals surface area contributed by atoms with Gasteiger partial charge in [-0.15, -0.1) is 0 Å². The van der Waals surface area contributed by atoms with Crippen LogP contribution in [0.25, 0.3) is 6.08 Å². The Morgan fingerprint density at radius 1 is 0.968 bits per heavy atom. The van der Waals surface area contributed by atoms with Crippen LogP contribution in [0.1, 0.15) is 31.4 Å². The minimum absolute atomic E-state index is 0.198. The minimum atomic E-state index is -0.313. The summed E-state index contributed by atoms with van der Waals surface area (Å²) in [6.07, 6.45) is 2.60. The second kappa shape index (κ2) is 10.9. The quantitative estimate of drug-likeness (QED) is 0.466. The standard InChI is InChI=1S/C24H27NO5S/c1-4-12-30-20-10-9-18(15-21(20)28-5-2)16-22-23(26)25(24(27)31-22)11-13-29-19-8-6-7-17(3)14-19/h6-10,14-16H,4-5,11-13H2,1-3H3/b22-16-. The number of ether oxygens (including phenoxy) is 3. The zero-order valence-electron chi connectivity index (χ0n) is 18.1. The number of imide groups is 1. The van der Waals surface area contributed by atoms with Crippen molar-refractivity contribution >= 4 is 29.0 Å². The van der Waals surface area contributed by atoms with Gasteiger partial charge in [-0.05, 0) is 73.5 Å². The molecule has 0 N–H and O–H groups in total. The first-order valence-electron chi connectivity index (χ1n) is 10.4. The molecule has 2 aromatic carbocycles. The van der Waals surface area contributed by atoms with Crippen LogP contribution in [-0.4, -0.2) is 42.4 Å². The topological polar surface area (TPSA) is 65.1 Å². The Kier molecular flexibility index (Phi) is 8.00. The van der Waals surface area contributed by atoms with Crippen LogP contribution in [0.15, 0.2) is 47.4 Å². The number of amides is 2. The molecule has 1 aliphatic rings. The largest absolute Gasteiger partial charge is 0.492 e. The molecule has 3 rings (SSSR count). The second-order valence-electron chi connectivity index (χ2n) is 6.99. The highest BCUT2D eigenvalue weighted by Crippen LogP contribution is 2.34. The number of hydrogen-bond acceptors (Lipinski definition) is 6. The zero-order chi connectivity index (χ0) is 22.2. The van der Waals surface area contributed by atoms with Gasteiger partial charge < -0.3 is 14.2 Å². The summed E-state index contributed by atoms with van der Waals surface area (Å²) in [6.45, 7) is 7.47. The first-order chi connectivity index (χ1) is 15.0. The molecule has 0 saturated carbocycles.